The first-order valence-corrected chi connectivity index (χ1v) is 6.70. The van der Waals surface area contributed by atoms with E-state index in [4.69, 9.17) is 5.73 Å². The fourth-order valence-corrected chi connectivity index (χ4v) is 2.69. The van der Waals surface area contributed by atoms with Crippen LogP contribution in [0, 0.1) is 6.92 Å². The topological polar surface area (TPSA) is 26.0 Å². The van der Waals surface area contributed by atoms with E-state index in [0.717, 1.165) is 11.6 Å². The Morgan fingerprint density at radius 3 is 2.50 bits per heavy atom. The normalized spacial score (nSPS) is 15.4. The number of hydrogen-bond donors (Lipinski definition) is 1. The largest absolute Gasteiger partial charge is 0.399 e. The lowest BCUT2D eigenvalue weighted by atomic mass is 9.79. The predicted octanol–water partition coefficient (Wildman–Crippen LogP) is 4.51. The summed E-state index contributed by atoms with van der Waals surface area (Å²) in [5, 5.41) is 0. The van der Waals surface area contributed by atoms with E-state index < -0.39 is 0 Å². The summed E-state index contributed by atoms with van der Waals surface area (Å²) >= 11 is 0. The van der Waals surface area contributed by atoms with Gasteiger partial charge in [0.15, 0.2) is 0 Å². The molecule has 0 aliphatic heterocycles. The molecule has 0 unspecified atom stereocenters. The summed E-state index contributed by atoms with van der Waals surface area (Å²) in [6, 6.07) is 15.2. The molecule has 0 aromatic heterocycles. The molecule has 2 N–H and O–H groups in total. The zero-order valence-electron chi connectivity index (χ0n) is 10.8. The maximum absolute atomic E-state index is 5.93. The molecule has 0 atom stereocenters. The Labute approximate surface area is 109 Å². The molecule has 0 spiro atoms. The summed E-state index contributed by atoms with van der Waals surface area (Å²) in [4.78, 5) is 0. The van der Waals surface area contributed by atoms with E-state index in [1.807, 2.05) is 6.07 Å². The summed E-state index contributed by atoms with van der Waals surface area (Å²) in [6.45, 7) is 2.09. The molecule has 1 nitrogen and oxygen atoms in total. The third-order valence-electron chi connectivity index (χ3n) is 3.90. The summed E-state index contributed by atoms with van der Waals surface area (Å²) in [6.07, 6.45) is 4.07. The lowest BCUT2D eigenvalue weighted by Gasteiger charge is -2.26. The third kappa shape index (κ3) is 2.13. The molecule has 0 saturated heterocycles. The van der Waals surface area contributed by atoms with Crippen LogP contribution in [-0.2, 0) is 0 Å². The van der Waals surface area contributed by atoms with E-state index in [1.54, 1.807) is 0 Å². The molecule has 2 aromatic carbocycles. The standard InChI is InChI=1S/C17H19N/c1-12-8-16(11-17(18)9-12)15-7-3-6-14(10-15)13-4-2-5-13/h3,6-11,13H,2,4-5,18H2,1H3. The zero-order chi connectivity index (χ0) is 12.5. The van der Waals surface area contributed by atoms with Crippen molar-refractivity contribution in [2.45, 2.75) is 32.1 Å². The molecule has 0 amide bonds. The van der Waals surface area contributed by atoms with Crippen molar-refractivity contribution < 1.29 is 0 Å². The van der Waals surface area contributed by atoms with Gasteiger partial charge in [-0.25, -0.2) is 0 Å². The molecule has 2 aromatic rings. The van der Waals surface area contributed by atoms with Crippen LogP contribution in [0.2, 0.25) is 0 Å². The SMILES string of the molecule is Cc1cc(N)cc(-c2cccc(C3CCC3)c2)c1. The molecule has 1 aliphatic carbocycles. The minimum atomic E-state index is 0.784. The lowest BCUT2D eigenvalue weighted by molar-refractivity contribution is 0.420. The highest BCUT2D eigenvalue weighted by molar-refractivity contribution is 5.69. The molecule has 1 aliphatic rings. The Bertz CT molecular complexity index is 547. The third-order valence-corrected chi connectivity index (χ3v) is 3.90. The molecule has 1 saturated carbocycles. The van der Waals surface area contributed by atoms with E-state index in [-0.39, 0.29) is 0 Å². The van der Waals surface area contributed by atoms with Crippen LogP contribution in [0.15, 0.2) is 42.5 Å². The smallest absolute Gasteiger partial charge is 0.0322 e. The molecule has 1 fully saturated rings. The van der Waals surface area contributed by atoms with E-state index in [1.165, 1.54) is 41.5 Å². The number of rotatable bonds is 2. The minimum Gasteiger partial charge on any atom is -0.399 e. The molecule has 1 heteroatoms. The first kappa shape index (κ1) is 11.3. The molecular weight excluding hydrogens is 218 g/mol. The minimum absolute atomic E-state index is 0.784. The van der Waals surface area contributed by atoms with Gasteiger partial charge in [-0.15, -0.1) is 0 Å². The van der Waals surface area contributed by atoms with E-state index in [9.17, 15) is 0 Å². The van der Waals surface area contributed by atoms with Crippen LogP contribution < -0.4 is 5.73 Å². The molecule has 3 rings (SSSR count). The van der Waals surface area contributed by atoms with Gasteiger partial charge in [0.05, 0.1) is 0 Å². The van der Waals surface area contributed by atoms with Gasteiger partial charge in [-0.3, -0.25) is 0 Å². The van der Waals surface area contributed by atoms with Gasteiger partial charge in [0.1, 0.15) is 0 Å². The van der Waals surface area contributed by atoms with Crippen molar-refractivity contribution in [3.63, 3.8) is 0 Å². The van der Waals surface area contributed by atoms with Gasteiger partial charge < -0.3 is 5.73 Å². The van der Waals surface area contributed by atoms with Crippen LogP contribution >= 0.6 is 0 Å². The first-order valence-electron chi connectivity index (χ1n) is 6.70. The number of nitrogen functional groups attached to an aromatic ring is 1. The summed E-state index contributed by atoms with van der Waals surface area (Å²) in [7, 11) is 0. The Kier molecular flexibility index (Phi) is 2.83. The molecular formula is C17H19N. The van der Waals surface area contributed by atoms with E-state index in [2.05, 4.69) is 43.3 Å². The van der Waals surface area contributed by atoms with Crippen LogP contribution in [0.1, 0.15) is 36.3 Å². The van der Waals surface area contributed by atoms with E-state index >= 15 is 0 Å². The van der Waals surface area contributed by atoms with Gasteiger partial charge in [-0.1, -0.05) is 36.8 Å². The zero-order valence-corrected chi connectivity index (χ0v) is 10.8. The fraction of sp³-hybridized carbons (Fsp3) is 0.294. The average Bonchev–Trinajstić information content (AvgIpc) is 2.26. The van der Waals surface area contributed by atoms with Gasteiger partial charge in [0.2, 0.25) is 0 Å². The van der Waals surface area contributed by atoms with Crippen LogP contribution in [0.5, 0.6) is 0 Å². The molecule has 0 bridgehead atoms. The Morgan fingerprint density at radius 2 is 1.83 bits per heavy atom. The molecule has 18 heavy (non-hydrogen) atoms. The van der Waals surface area contributed by atoms with Crippen molar-refractivity contribution in [1.29, 1.82) is 0 Å². The summed E-state index contributed by atoms with van der Waals surface area (Å²) < 4.78 is 0. The first-order chi connectivity index (χ1) is 8.72. The highest BCUT2D eigenvalue weighted by atomic mass is 14.5. The number of hydrogen-bond acceptors (Lipinski definition) is 1. The highest BCUT2D eigenvalue weighted by Crippen LogP contribution is 2.37. The van der Waals surface area contributed by atoms with Gasteiger partial charge in [0.25, 0.3) is 0 Å². The second-order valence-electron chi connectivity index (χ2n) is 5.39. The monoisotopic (exact) mass is 237 g/mol. The average molecular weight is 237 g/mol. The Balaban J connectivity index is 2.00. The molecule has 92 valence electrons. The van der Waals surface area contributed by atoms with Crippen molar-refractivity contribution in [3.05, 3.63) is 53.6 Å². The lowest BCUT2D eigenvalue weighted by Crippen LogP contribution is -2.08. The van der Waals surface area contributed by atoms with Crippen molar-refractivity contribution in [3.8, 4) is 11.1 Å². The highest BCUT2D eigenvalue weighted by Gasteiger charge is 2.19. The van der Waals surface area contributed by atoms with Gasteiger partial charge in [-0.05, 0) is 60.1 Å². The summed E-state index contributed by atoms with van der Waals surface area (Å²) in [5.41, 5.74) is 12.0. The number of anilines is 1. The fourth-order valence-electron chi connectivity index (χ4n) is 2.69. The van der Waals surface area contributed by atoms with Crippen molar-refractivity contribution in [2.75, 3.05) is 5.73 Å². The number of benzene rings is 2. The predicted molar refractivity (Wildman–Crippen MR) is 77.6 cm³/mol. The maximum Gasteiger partial charge on any atom is 0.0322 e. The quantitative estimate of drug-likeness (QED) is 0.764. The molecule has 0 radical (unpaired) electrons. The maximum atomic E-state index is 5.93. The van der Waals surface area contributed by atoms with Crippen molar-refractivity contribution in [1.82, 2.24) is 0 Å². The second kappa shape index (κ2) is 4.49. The van der Waals surface area contributed by atoms with Crippen LogP contribution in [0.4, 0.5) is 5.69 Å². The Hall–Kier alpha value is -1.76. The van der Waals surface area contributed by atoms with Crippen LogP contribution in [0.25, 0.3) is 11.1 Å². The van der Waals surface area contributed by atoms with Crippen LogP contribution in [-0.4, -0.2) is 0 Å². The second-order valence-corrected chi connectivity index (χ2v) is 5.39. The van der Waals surface area contributed by atoms with Crippen molar-refractivity contribution >= 4 is 5.69 Å². The van der Waals surface area contributed by atoms with Crippen LogP contribution in [0.3, 0.4) is 0 Å². The van der Waals surface area contributed by atoms with Gasteiger partial charge >= 0.3 is 0 Å². The number of nitrogens with two attached hydrogens (primary N) is 1. The molecule has 0 heterocycles. The number of aryl methyl sites for hydroxylation is 1. The van der Waals surface area contributed by atoms with Gasteiger partial charge in [-0.2, -0.15) is 0 Å². The Morgan fingerprint density at radius 1 is 1.00 bits per heavy atom. The van der Waals surface area contributed by atoms with Gasteiger partial charge in [0, 0.05) is 5.69 Å². The summed E-state index contributed by atoms with van der Waals surface area (Å²) in [5.74, 6) is 0.784. The van der Waals surface area contributed by atoms with E-state index in [0.29, 0.717) is 0 Å². The van der Waals surface area contributed by atoms with Crippen molar-refractivity contribution in [2.24, 2.45) is 0 Å².